The van der Waals surface area contributed by atoms with E-state index in [9.17, 15) is 4.79 Å². The molecule has 0 fully saturated rings. The summed E-state index contributed by atoms with van der Waals surface area (Å²) in [6, 6.07) is 0. The Morgan fingerprint density at radius 2 is 2.00 bits per heavy atom. The first kappa shape index (κ1) is 10.8. The standard InChI is InChI=1S/C10H13O4/c1-12-8-6-4-5-7-10(8,14-3)9(11)13-2/h4-7H,1-3H3. The number of carbonyl (C=O) groups excluding carboxylic acids is 1. The minimum Gasteiger partial charge on any atom is -0.497 e. The molecule has 0 aliphatic heterocycles. The average molecular weight is 197 g/mol. The summed E-state index contributed by atoms with van der Waals surface area (Å²) in [5, 5.41) is 0. The summed E-state index contributed by atoms with van der Waals surface area (Å²) in [5.74, 6) is -0.0909. The maximum absolute atomic E-state index is 11.6. The Bertz CT molecular complexity index is 280. The lowest BCUT2D eigenvalue weighted by molar-refractivity contribution is -0.161. The molecule has 1 rings (SSSR count). The fourth-order valence-corrected chi connectivity index (χ4v) is 1.33. The summed E-state index contributed by atoms with van der Waals surface area (Å²) in [6.07, 6.45) is 6.74. The molecule has 1 radical (unpaired) electrons. The van der Waals surface area contributed by atoms with Crippen LogP contribution in [0.25, 0.3) is 0 Å². The first-order chi connectivity index (χ1) is 6.71. The van der Waals surface area contributed by atoms with Crippen LogP contribution >= 0.6 is 0 Å². The van der Waals surface area contributed by atoms with Gasteiger partial charge >= 0.3 is 5.97 Å². The summed E-state index contributed by atoms with van der Waals surface area (Å²) in [6.45, 7) is 0. The van der Waals surface area contributed by atoms with Crippen LogP contribution in [0.3, 0.4) is 0 Å². The van der Waals surface area contributed by atoms with Gasteiger partial charge in [0, 0.05) is 13.5 Å². The molecule has 0 saturated heterocycles. The molecule has 0 aromatic carbocycles. The molecular weight excluding hydrogens is 184 g/mol. The topological polar surface area (TPSA) is 44.8 Å². The van der Waals surface area contributed by atoms with E-state index in [1.165, 1.54) is 21.3 Å². The zero-order valence-corrected chi connectivity index (χ0v) is 8.44. The maximum atomic E-state index is 11.6. The molecule has 0 heterocycles. The molecule has 0 aromatic rings. The summed E-state index contributed by atoms with van der Waals surface area (Å²) < 4.78 is 14.9. The van der Waals surface area contributed by atoms with Gasteiger partial charge in [0.25, 0.3) is 0 Å². The van der Waals surface area contributed by atoms with Crippen LogP contribution in [-0.4, -0.2) is 32.9 Å². The second-order valence-corrected chi connectivity index (χ2v) is 2.72. The van der Waals surface area contributed by atoms with Gasteiger partial charge in [-0.15, -0.1) is 0 Å². The molecule has 0 spiro atoms. The largest absolute Gasteiger partial charge is 0.497 e. The van der Waals surface area contributed by atoms with E-state index in [1.54, 1.807) is 24.6 Å². The monoisotopic (exact) mass is 197 g/mol. The van der Waals surface area contributed by atoms with Crippen LogP contribution in [-0.2, 0) is 19.0 Å². The maximum Gasteiger partial charge on any atom is 0.346 e. The second-order valence-electron chi connectivity index (χ2n) is 2.72. The Balaban J connectivity index is 3.04. The molecule has 1 aliphatic rings. The Morgan fingerprint density at radius 1 is 1.29 bits per heavy atom. The predicted molar refractivity (Wildman–Crippen MR) is 50.3 cm³/mol. The minimum atomic E-state index is -1.24. The summed E-state index contributed by atoms with van der Waals surface area (Å²) in [7, 11) is 4.22. The number of esters is 1. The quantitative estimate of drug-likeness (QED) is 0.629. The highest BCUT2D eigenvalue weighted by Gasteiger charge is 2.45. The van der Waals surface area contributed by atoms with Crippen LogP contribution in [0.1, 0.15) is 0 Å². The van der Waals surface area contributed by atoms with E-state index in [0.717, 1.165) is 0 Å². The zero-order chi connectivity index (χ0) is 10.6. The van der Waals surface area contributed by atoms with Crippen molar-refractivity contribution in [1.29, 1.82) is 0 Å². The van der Waals surface area contributed by atoms with E-state index >= 15 is 0 Å². The number of allylic oxidation sites excluding steroid dienone is 2. The van der Waals surface area contributed by atoms with E-state index in [4.69, 9.17) is 9.47 Å². The van der Waals surface area contributed by atoms with E-state index in [2.05, 4.69) is 4.74 Å². The van der Waals surface area contributed by atoms with Crippen LogP contribution in [0, 0.1) is 6.42 Å². The first-order valence-electron chi connectivity index (χ1n) is 4.12. The lowest BCUT2D eigenvalue weighted by Gasteiger charge is -2.30. The van der Waals surface area contributed by atoms with Crippen LogP contribution in [0.5, 0.6) is 0 Å². The lowest BCUT2D eigenvalue weighted by atomic mass is 9.93. The third-order valence-electron chi connectivity index (χ3n) is 2.09. The van der Waals surface area contributed by atoms with Crippen molar-refractivity contribution in [2.45, 2.75) is 5.60 Å². The van der Waals surface area contributed by atoms with Crippen molar-refractivity contribution in [1.82, 2.24) is 0 Å². The van der Waals surface area contributed by atoms with Crippen molar-refractivity contribution in [2.24, 2.45) is 0 Å². The van der Waals surface area contributed by atoms with Crippen LogP contribution < -0.4 is 0 Å². The smallest absolute Gasteiger partial charge is 0.346 e. The van der Waals surface area contributed by atoms with E-state index < -0.39 is 11.6 Å². The van der Waals surface area contributed by atoms with Crippen molar-refractivity contribution >= 4 is 5.97 Å². The van der Waals surface area contributed by atoms with Crippen LogP contribution in [0.15, 0.2) is 24.0 Å². The Morgan fingerprint density at radius 3 is 2.50 bits per heavy atom. The molecule has 1 atom stereocenters. The molecule has 0 N–H and O–H groups in total. The lowest BCUT2D eigenvalue weighted by Crippen LogP contribution is -2.45. The molecule has 14 heavy (non-hydrogen) atoms. The number of hydrogen-bond acceptors (Lipinski definition) is 4. The van der Waals surface area contributed by atoms with Gasteiger partial charge in [-0.2, -0.15) is 0 Å². The molecule has 0 saturated carbocycles. The molecular formula is C10H13O4. The highest BCUT2D eigenvalue weighted by molar-refractivity contribution is 5.86. The van der Waals surface area contributed by atoms with E-state index in [-0.39, 0.29) is 0 Å². The van der Waals surface area contributed by atoms with Crippen LogP contribution in [0.4, 0.5) is 0 Å². The van der Waals surface area contributed by atoms with Crippen molar-refractivity contribution in [3.05, 3.63) is 30.4 Å². The van der Waals surface area contributed by atoms with Crippen LogP contribution in [0.2, 0.25) is 0 Å². The summed E-state index contributed by atoms with van der Waals surface area (Å²) in [4.78, 5) is 11.6. The van der Waals surface area contributed by atoms with E-state index in [0.29, 0.717) is 5.76 Å². The summed E-state index contributed by atoms with van der Waals surface area (Å²) >= 11 is 0. The third kappa shape index (κ3) is 1.53. The fraction of sp³-hybridized carbons (Fsp3) is 0.400. The predicted octanol–water partition coefficient (Wildman–Crippen LogP) is 0.849. The highest BCUT2D eigenvalue weighted by atomic mass is 16.6. The molecule has 1 unspecified atom stereocenters. The Labute approximate surface area is 83.1 Å². The van der Waals surface area contributed by atoms with Gasteiger partial charge in [0.1, 0.15) is 5.76 Å². The average Bonchev–Trinajstić information content (AvgIpc) is 2.27. The van der Waals surface area contributed by atoms with Gasteiger partial charge in [-0.1, -0.05) is 12.2 Å². The second kappa shape index (κ2) is 4.28. The number of rotatable bonds is 3. The van der Waals surface area contributed by atoms with E-state index in [1.807, 2.05) is 0 Å². The van der Waals surface area contributed by atoms with Gasteiger partial charge in [-0.25, -0.2) is 4.79 Å². The number of ether oxygens (including phenoxy) is 3. The third-order valence-corrected chi connectivity index (χ3v) is 2.09. The van der Waals surface area contributed by atoms with Gasteiger partial charge in [-0.05, 0) is 6.08 Å². The van der Waals surface area contributed by atoms with Gasteiger partial charge in [-0.3, -0.25) is 0 Å². The first-order valence-corrected chi connectivity index (χ1v) is 4.12. The Kier molecular flexibility index (Phi) is 3.30. The Hall–Kier alpha value is -1.29. The highest BCUT2D eigenvalue weighted by Crippen LogP contribution is 2.29. The van der Waals surface area contributed by atoms with Crippen molar-refractivity contribution in [3.63, 3.8) is 0 Å². The number of hydrogen-bond donors (Lipinski definition) is 0. The molecule has 1 aliphatic carbocycles. The number of carbonyl (C=O) groups is 1. The minimum absolute atomic E-state index is 0.411. The molecule has 0 aromatic heterocycles. The molecule has 4 heteroatoms. The normalized spacial score (nSPS) is 25.5. The number of methoxy groups -OCH3 is 3. The van der Waals surface area contributed by atoms with Gasteiger partial charge < -0.3 is 14.2 Å². The van der Waals surface area contributed by atoms with Gasteiger partial charge in [0.05, 0.1) is 14.2 Å². The van der Waals surface area contributed by atoms with Gasteiger partial charge in [0.15, 0.2) is 0 Å². The molecule has 0 amide bonds. The fourth-order valence-electron chi connectivity index (χ4n) is 1.33. The van der Waals surface area contributed by atoms with Crippen molar-refractivity contribution in [3.8, 4) is 0 Å². The molecule has 0 bridgehead atoms. The van der Waals surface area contributed by atoms with Crippen molar-refractivity contribution < 1.29 is 19.0 Å². The SMILES string of the molecule is COC(=O)C1(OC)[CH]C=CC=C1OC. The van der Waals surface area contributed by atoms with Gasteiger partial charge in [0.2, 0.25) is 5.60 Å². The zero-order valence-electron chi connectivity index (χ0n) is 8.44. The molecule has 4 nitrogen and oxygen atoms in total. The summed E-state index contributed by atoms with van der Waals surface area (Å²) in [5.41, 5.74) is -1.24. The van der Waals surface area contributed by atoms with Crippen molar-refractivity contribution in [2.75, 3.05) is 21.3 Å². The molecule has 77 valence electrons.